The maximum Gasteiger partial charge on any atom is 0.227 e. The third-order valence-corrected chi connectivity index (χ3v) is 2.08. The Labute approximate surface area is 93.4 Å². The molecule has 0 aliphatic heterocycles. The van der Waals surface area contributed by atoms with Crippen LogP contribution in [0.2, 0.25) is 0 Å². The largest absolute Gasteiger partial charge is 0.394 e. The molecule has 0 aromatic heterocycles. The number of rotatable bonds is 5. The normalized spacial score (nSPS) is 14.2. The Morgan fingerprint density at radius 2 is 1.81 bits per heavy atom. The molecule has 1 aromatic rings. The molecule has 0 heterocycles. The minimum Gasteiger partial charge on any atom is -0.394 e. The lowest BCUT2D eigenvalue weighted by molar-refractivity contribution is -0.120. The molecule has 0 aliphatic carbocycles. The molecular formula is C11H15NO4. The van der Waals surface area contributed by atoms with Gasteiger partial charge in [0, 0.05) is 5.69 Å². The van der Waals surface area contributed by atoms with Gasteiger partial charge in [0.15, 0.2) is 0 Å². The Balaban J connectivity index is 2.42. The van der Waals surface area contributed by atoms with Crippen LogP contribution in [0.15, 0.2) is 30.3 Å². The van der Waals surface area contributed by atoms with E-state index in [1.165, 1.54) is 0 Å². The van der Waals surface area contributed by atoms with Crippen LogP contribution < -0.4 is 5.32 Å². The zero-order chi connectivity index (χ0) is 12.0. The maximum atomic E-state index is 11.4. The highest BCUT2D eigenvalue weighted by molar-refractivity contribution is 5.90. The van der Waals surface area contributed by atoms with Crippen molar-refractivity contribution >= 4 is 11.6 Å². The van der Waals surface area contributed by atoms with Gasteiger partial charge in [0.25, 0.3) is 0 Å². The van der Waals surface area contributed by atoms with E-state index in [0.29, 0.717) is 5.69 Å². The number of nitrogens with one attached hydrogen (secondary N) is 1. The van der Waals surface area contributed by atoms with Crippen LogP contribution in [0.5, 0.6) is 0 Å². The number of anilines is 1. The van der Waals surface area contributed by atoms with Crippen molar-refractivity contribution in [1.29, 1.82) is 0 Å². The molecule has 0 aliphatic rings. The number of hydrogen-bond donors (Lipinski definition) is 4. The van der Waals surface area contributed by atoms with Gasteiger partial charge in [-0.3, -0.25) is 4.79 Å². The average Bonchev–Trinajstić information content (AvgIpc) is 2.29. The highest BCUT2D eigenvalue weighted by Crippen LogP contribution is 2.07. The molecule has 5 heteroatoms. The van der Waals surface area contributed by atoms with Gasteiger partial charge in [-0.25, -0.2) is 0 Å². The van der Waals surface area contributed by atoms with Crippen molar-refractivity contribution in [2.45, 2.75) is 18.6 Å². The number of para-hydroxylation sites is 1. The Hall–Kier alpha value is -1.43. The summed E-state index contributed by atoms with van der Waals surface area (Å²) in [6.45, 7) is -0.570. The van der Waals surface area contributed by atoms with Crippen LogP contribution in [-0.2, 0) is 4.79 Å². The summed E-state index contributed by atoms with van der Waals surface area (Å²) in [6.07, 6.45) is -2.80. The lowest BCUT2D eigenvalue weighted by atomic mass is 10.1. The van der Waals surface area contributed by atoms with E-state index >= 15 is 0 Å². The van der Waals surface area contributed by atoms with Crippen molar-refractivity contribution in [3.63, 3.8) is 0 Å². The summed E-state index contributed by atoms with van der Waals surface area (Å²) in [4.78, 5) is 11.4. The molecule has 5 nitrogen and oxygen atoms in total. The SMILES string of the molecule is O=C(C[C@@H](O)[C@@H](O)CO)Nc1ccccc1. The van der Waals surface area contributed by atoms with E-state index in [9.17, 15) is 9.90 Å². The van der Waals surface area contributed by atoms with Crippen LogP contribution in [0.25, 0.3) is 0 Å². The van der Waals surface area contributed by atoms with Gasteiger partial charge in [-0.2, -0.15) is 0 Å². The van der Waals surface area contributed by atoms with Crippen LogP contribution >= 0.6 is 0 Å². The molecule has 1 aromatic carbocycles. The number of aliphatic hydroxyl groups excluding tert-OH is 3. The molecule has 0 saturated heterocycles. The summed E-state index contributed by atoms with van der Waals surface area (Å²) in [6, 6.07) is 8.79. The summed E-state index contributed by atoms with van der Waals surface area (Å²) in [7, 11) is 0. The van der Waals surface area contributed by atoms with Crippen molar-refractivity contribution in [2.75, 3.05) is 11.9 Å². The second-order valence-corrected chi connectivity index (χ2v) is 3.44. The molecule has 88 valence electrons. The Kier molecular flexibility index (Phi) is 4.91. The second-order valence-electron chi connectivity index (χ2n) is 3.44. The fourth-order valence-electron chi connectivity index (χ4n) is 1.18. The van der Waals surface area contributed by atoms with Gasteiger partial charge in [-0.05, 0) is 12.1 Å². The van der Waals surface area contributed by atoms with E-state index in [1.807, 2.05) is 6.07 Å². The molecule has 0 saturated carbocycles. The van der Waals surface area contributed by atoms with Gasteiger partial charge in [-0.1, -0.05) is 18.2 Å². The van der Waals surface area contributed by atoms with Crippen LogP contribution in [0, 0.1) is 0 Å². The summed E-state index contributed by atoms with van der Waals surface area (Å²) < 4.78 is 0. The number of carbonyl (C=O) groups excluding carboxylic acids is 1. The summed E-state index contributed by atoms with van der Waals surface area (Å²) in [5, 5.41) is 29.5. The maximum absolute atomic E-state index is 11.4. The molecule has 0 radical (unpaired) electrons. The van der Waals surface area contributed by atoms with Gasteiger partial charge < -0.3 is 20.6 Å². The highest BCUT2D eigenvalue weighted by Gasteiger charge is 2.18. The first-order valence-corrected chi connectivity index (χ1v) is 4.95. The molecule has 16 heavy (non-hydrogen) atoms. The average molecular weight is 225 g/mol. The number of hydrogen-bond acceptors (Lipinski definition) is 4. The molecular weight excluding hydrogens is 210 g/mol. The van der Waals surface area contributed by atoms with Crippen LogP contribution in [0.4, 0.5) is 5.69 Å². The summed E-state index contributed by atoms with van der Waals surface area (Å²) >= 11 is 0. The molecule has 1 rings (SSSR count). The quantitative estimate of drug-likeness (QED) is 0.555. The zero-order valence-corrected chi connectivity index (χ0v) is 8.71. The Bertz CT molecular complexity index is 328. The van der Waals surface area contributed by atoms with Crippen molar-refractivity contribution in [1.82, 2.24) is 0 Å². The first-order chi connectivity index (χ1) is 7.63. The number of aliphatic hydroxyl groups is 3. The van der Waals surface area contributed by atoms with Crippen LogP contribution in [0.1, 0.15) is 6.42 Å². The smallest absolute Gasteiger partial charge is 0.227 e. The van der Waals surface area contributed by atoms with Crippen molar-refractivity contribution in [3.05, 3.63) is 30.3 Å². The third-order valence-electron chi connectivity index (χ3n) is 2.08. The fourth-order valence-corrected chi connectivity index (χ4v) is 1.18. The second kappa shape index (κ2) is 6.22. The lowest BCUT2D eigenvalue weighted by Crippen LogP contribution is -2.33. The van der Waals surface area contributed by atoms with Gasteiger partial charge in [0.2, 0.25) is 5.91 Å². The molecule has 0 fully saturated rings. The van der Waals surface area contributed by atoms with Crippen molar-refractivity contribution in [3.8, 4) is 0 Å². The number of benzene rings is 1. The minimum atomic E-state index is -1.29. The molecule has 0 unspecified atom stereocenters. The van der Waals surface area contributed by atoms with Crippen LogP contribution in [0.3, 0.4) is 0 Å². The van der Waals surface area contributed by atoms with Crippen LogP contribution in [-0.4, -0.2) is 40.0 Å². The Morgan fingerprint density at radius 3 is 2.38 bits per heavy atom. The highest BCUT2D eigenvalue weighted by atomic mass is 16.4. The monoisotopic (exact) mass is 225 g/mol. The van der Waals surface area contributed by atoms with Gasteiger partial charge in [-0.15, -0.1) is 0 Å². The molecule has 4 N–H and O–H groups in total. The minimum absolute atomic E-state index is 0.253. The predicted octanol–water partition coefficient (Wildman–Crippen LogP) is -0.271. The first kappa shape index (κ1) is 12.6. The van der Waals surface area contributed by atoms with E-state index in [-0.39, 0.29) is 6.42 Å². The van der Waals surface area contributed by atoms with E-state index in [1.54, 1.807) is 24.3 Å². The molecule has 2 atom stereocenters. The number of amides is 1. The van der Waals surface area contributed by atoms with Gasteiger partial charge in [0.1, 0.15) is 6.10 Å². The van der Waals surface area contributed by atoms with Gasteiger partial charge >= 0.3 is 0 Å². The van der Waals surface area contributed by atoms with Crippen molar-refractivity contribution in [2.24, 2.45) is 0 Å². The summed E-state index contributed by atoms with van der Waals surface area (Å²) in [5.41, 5.74) is 0.623. The van der Waals surface area contributed by atoms with E-state index in [4.69, 9.17) is 10.2 Å². The Morgan fingerprint density at radius 1 is 1.19 bits per heavy atom. The molecule has 0 spiro atoms. The van der Waals surface area contributed by atoms with Gasteiger partial charge in [0.05, 0.1) is 19.1 Å². The third kappa shape index (κ3) is 3.98. The van der Waals surface area contributed by atoms with E-state index in [0.717, 1.165) is 0 Å². The summed E-state index contributed by atoms with van der Waals surface area (Å²) in [5.74, 6) is -0.411. The molecule has 0 bridgehead atoms. The first-order valence-electron chi connectivity index (χ1n) is 4.95. The van der Waals surface area contributed by atoms with Crippen molar-refractivity contribution < 1.29 is 20.1 Å². The van der Waals surface area contributed by atoms with E-state index in [2.05, 4.69) is 5.32 Å². The number of carbonyl (C=O) groups is 1. The predicted molar refractivity (Wildman–Crippen MR) is 58.8 cm³/mol. The zero-order valence-electron chi connectivity index (χ0n) is 8.71. The fraction of sp³-hybridized carbons (Fsp3) is 0.364. The molecule has 1 amide bonds. The lowest BCUT2D eigenvalue weighted by Gasteiger charge is -2.14. The topological polar surface area (TPSA) is 89.8 Å². The standard InChI is InChI=1S/C11H15NO4/c13-7-10(15)9(14)6-11(16)12-8-4-2-1-3-5-8/h1-5,9-10,13-15H,6-7H2,(H,12,16)/t9-,10+/m1/s1. The van der Waals surface area contributed by atoms with E-state index < -0.39 is 24.7 Å².